The van der Waals surface area contributed by atoms with Gasteiger partial charge in [-0.2, -0.15) is 13.2 Å². The van der Waals surface area contributed by atoms with Gasteiger partial charge in [0.25, 0.3) is 10.0 Å². The maximum absolute atomic E-state index is 13.3. The van der Waals surface area contributed by atoms with E-state index in [9.17, 15) is 31.5 Å². The molecule has 1 fully saturated rings. The number of aliphatic hydroxyl groups excluding tert-OH is 1. The highest BCUT2D eigenvalue weighted by molar-refractivity contribution is 7.90. The summed E-state index contributed by atoms with van der Waals surface area (Å²) < 4.78 is 66.6. The van der Waals surface area contributed by atoms with Crippen LogP contribution in [0.1, 0.15) is 18.3 Å². The van der Waals surface area contributed by atoms with Crippen molar-refractivity contribution in [1.82, 2.24) is 28.7 Å². The third-order valence-corrected chi connectivity index (χ3v) is 7.99. The summed E-state index contributed by atoms with van der Waals surface area (Å²) in [6.45, 7) is -1.19. The van der Waals surface area contributed by atoms with E-state index in [1.165, 1.54) is 24.5 Å². The van der Waals surface area contributed by atoms with Crippen LogP contribution in [0.25, 0.3) is 22.1 Å². The number of carbonyl (C=O) groups excluding carboxylic acids is 1. The monoisotopic (exact) mass is 536 g/mol. The lowest BCUT2D eigenvalue weighted by atomic mass is 10.2. The minimum atomic E-state index is -4.49. The molecule has 1 saturated heterocycles. The number of rotatable bonds is 7. The number of benzene rings is 1. The maximum atomic E-state index is 13.3. The van der Waals surface area contributed by atoms with Crippen molar-refractivity contribution in [3.63, 3.8) is 0 Å². The van der Waals surface area contributed by atoms with Crippen LogP contribution in [0.15, 0.2) is 53.7 Å². The van der Waals surface area contributed by atoms with Crippen molar-refractivity contribution < 1.29 is 31.5 Å². The quantitative estimate of drug-likeness (QED) is 0.371. The molecule has 0 radical (unpaired) electrons. The first-order valence-corrected chi connectivity index (χ1v) is 12.9. The Hall–Kier alpha value is -3.49. The Morgan fingerprint density at radius 2 is 1.95 bits per heavy atom. The zero-order valence-corrected chi connectivity index (χ0v) is 20.2. The third kappa shape index (κ3) is 4.79. The van der Waals surface area contributed by atoms with E-state index in [4.69, 9.17) is 0 Å². The van der Waals surface area contributed by atoms with Crippen molar-refractivity contribution in [2.45, 2.75) is 30.1 Å². The molecule has 0 spiro atoms. The number of hydrogen-bond acceptors (Lipinski definition) is 7. The minimum Gasteiger partial charge on any atom is -0.388 e. The summed E-state index contributed by atoms with van der Waals surface area (Å²) in [5.74, 6) is -0.387. The highest BCUT2D eigenvalue weighted by Gasteiger charge is 2.32. The van der Waals surface area contributed by atoms with E-state index in [-0.39, 0.29) is 29.7 Å². The molecule has 10 nitrogen and oxygen atoms in total. The number of carbonyl (C=O) groups is 1. The molecule has 196 valence electrons. The topological polar surface area (TPSA) is 122 Å². The zero-order chi connectivity index (χ0) is 26.4. The van der Waals surface area contributed by atoms with Crippen molar-refractivity contribution in [2.24, 2.45) is 0 Å². The number of alkyl halides is 3. The molecule has 0 bridgehead atoms. The van der Waals surface area contributed by atoms with Gasteiger partial charge in [0, 0.05) is 30.7 Å². The zero-order valence-electron chi connectivity index (χ0n) is 19.4. The number of likely N-dealkylation sites (tertiary alicyclic amines) is 1. The van der Waals surface area contributed by atoms with Crippen LogP contribution in [0.3, 0.4) is 0 Å². The van der Waals surface area contributed by atoms with E-state index >= 15 is 0 Å². The molecule has 1 aliphatic rings. The summed E-state index contributed by atoms with van der Waals surface area (Å²) in [4.78, 5) is 22.6. The molecule has 0 aliphatic carbocycles. The highest BCUT2D eigenvalue weighted by atomic mass is 32.2. The van der Waals surface area contributed by atoms with Gasteiger partial charge < -0.3 is 15.0 Å². The Bertz CT molecular complexity index is 1570. The van der Waals surface area contributed by atoms with Crippen molar-refractivity contribution in [2.75, 3.05) is 26.2 Å². The van der Waals surface area contributed by atoms with Crippen molar-refractivity contribution in [1.29, 1.82) is 0 Å². The number of halogens is 3. The Morgan fingerprint density at radius 3 is 2.65 bits per heavy atom. The van der Waals surface area contributed by atoms with E-state index < -0.39 is 28.7 Å². The fraction of sp³-hybridized carbons (Fsp3) is 0.348. The van der Waals surface area contributed by atoms with Crippen LogP contribution in [0.4, 0.5) is 13.2 Å². The van der Waals surface area contributed by atoms with Crippen molar-refractivity contribution in [3.8, 4) is 0 Å². The lowest BCUT2D eigenvalue weighted by molar-refractivity contribution is -0.138. The number of nitrogens with one attached hydrogen (secondary N) is 1. The second-order valence-electron chi connectivity index (χ2n) is 8.78. The molecular weight excluding hydrogens is 513 g/mol. The van der Waals surface area contributed by atoms with Gasteiger partial charge in [0.05, 0.1) is 23.2 Å². The Morgan fingerprint density at radius 1 is 1.19 bits per heavy atom. The molecule has 3 aromatic heterocycles. The first-order valence-electron chi connectivity index (χ1n) is 11.4. The highest BCUT2D eigenvalue weighted by Crippen LogP contribution is 2.33. The Labute approximate surface area is 209 Å². The number of hydrogen-bond donors (Lipinski definition) is 2. The summed E-state index contributed by atoms with van der Waals surface area (Å²) in [5, 5.41) is 12.4. The SMILES string of the molecule is O=C(CN1CCC(n2c(CO)nc3cnc4c(ccn4S(=O)(=O)c4ccccc4)c32)C1)NCC(F)(F)F. The van der Waals surface area contributed by atoms with Crippen molar-refractivity contribution in [3.05, 3.63) is 54.6 Å². The molecule has 1 atom stereocenters. The van der Waals surface area contributed by atoms with Gasteiger partial charge in [-0.15, -0.1) is 0 Å². The largest absolute Gasteiger partial charge is 0.405 e. The summed E-state index contributed by atoms with van der Waals surface area (Å²) in [5.41, 5.74) is 1.25. The average molecular weight is 537 g/mol. The molecule has 1 amide bonds. The van der Waals surface area contributed by atoms with E-state index in [1.54, 1.807) is 29.2 Å². The van der Waals surface area contributed by atoms with Crippen LogP contribution >= 0.6 is 0 Å². The minimum absolute atomic E-state index is 0.106. The first-order chi connectivity index (χ1) is 17.6. The average Bonchev–Trinajstić information content (AvgIpc) is 3.58. The molecule has 37 heavy (non-hydrogen) atoms. The predicted octanol–water partition coefficient (Wildman–Crippen LogP) is 2.04. The van der Waals surface area contributed by atoms with Gasteiger partial charge in [-0.3, -0.25) is 9.69 Å². The first kappa shape index (κ1) is 25.2. The number of imidazole rings is 1. The number of nitrogens with zero attached hydrogens (tertiary/aromatic N) is 5. The van der Waals surface area contributed by atoms with Crippen LogP contribution in [0.5, 0.6) is 0 Å². The Kier molecular flexibility index (Phi) is 6.41. The van der Waals surface area contributed by atoms with Crippen LogP contribution in [0, 0.1) is 0 Å². The lowest BCUT2D eigenvalue weighted by Crippen LogP contribution is -2.40. The second-order valence-corrected chi connectivity index (χ2v) is 10.6. The van der Waals surface area contributed by atoms with Gasteiger partial charge in [-0.1, -0.05) is 18.2 Å². The fourth-order valence-corrected chi connectivity index (χ4v) is 6.05. The predicted molar refractivity (Wildman–Crippen MR) is 127 cm³/mol. The lowest BCUT2D eigenvalue weighted by Gasteiger charge is -2.19. The molecule has 4 heterocycles. The van der Waals surface area contributed by atoms with E-state index in [1.807, 2.05) is 9.88 Å². The number of amides is 1. The molecule has 1 aromatic carbocycles. The second kappa shape index (κ2) is 9.43. The summed E-state index contributed by atoms with van der Waals surface area (Å²) >= 11 is 0. The van der Waals surface area contributed by atoms with Gasteiger partial charge in [0.1, 0.15) is 24.5 Å². The van der Waals surface area contributed by atoms with Crippen LogP contribution in [0.2, 0.25) is 0 Å². The molecule has 0 saturated carbocycles. The summed E-state index contributed by atoms with van der Waals surface area (Å²) in [6, 6.07) is 9.33. The molecule has 4 aromatic rings. The van der Waals surface area contributed by atoms with Gasteiger partial charge in [0.2, 0.25) is 5.91 Å². The van der Waals surface area contributed by atoms with Crippen LogP contribution < -0.4 is 5.32 Å². The van der Waals surface area contributed by atoms with Crippen molar-refractivity contribution >= 4 is 38.0 Å². The molecule has 14 heteroatoms. The molecule has 2 N–H and O–H groups in total. The summed E-state index contributed by atoms with van der Waals surface area (Å²) in [6.07, 6.45) is -1.07. The fourth-order valence-electron chi connectivity index (χ4n) is 4.72. The normalized spacial score (nSPS) is 17.1. The van der Waals surface area contributed by atoms with E-state index in [2.05, 4.69) is 9.97 Å². The van der Waals surface area contributed by atoms with Crippen LogP contribution in [-0.2, 0) is 21.4 Å². The number of fused-ring (bicyclic) bond motifs is 3. The van der Waals surface area contributed by atoms with Gasteiger partial charge in [0.15, 0.2) is 5.65 Å². The maximum Gasteiger partial charge on any atom is 0.405 e. The van der Waals surface area contributed by atoms with Gasteiger partial charge >= 0.3 is 6.18 Å². The number of pyridine rings is 1. The van der Waals surface area contributed by atoms with E-state index in [0.717, 1.165) is 3.97 Å². The summed E-state index contributed by atoms with van der Waals surface area (Å²) in [7, 11) is -3.92. The van der Waals surface area contributed by atoms with Gasteiger partial charge in [-0.25, -0.2) is 22.4 Å². The standard InChI is InChI=1S/C23H23F3N6O4S/c24-23(25,26)14-28-20(34)12-30-8-6-15(11-30)32-19(13-33)29-18-10-27-22-17(21(18)32)7-9-31(22)37(35,36)16-4-2-1-3-5-16/h1-5,7,9-10,15,33H,6,8,11-14H2,(H,28,34). The van der Waals surface area contributed by atoms with Gasteiger partial charge in [-0.05, 0) is 24.6 Å². The Balaban J connectivity index is 1.48. The number of aliphatic hydroxyl groups is 1. The smallest absolute Gasteiger partial charge is 0.388 e. The van der Waals surface area contributed by atoms with E-state index in [0.29, 0.717) is 41.8 Å². The molecule has 5 rings (SSSR count). The molecule has 1 aliphatic heterocycles. The molecule has 1 unspecified atom stereocenters. The van der Waals surface area contributed by atoms with Crippen LogP contribution in [-0.4, -0.2) is 75.2 Å². The molecular formula is C23H23F3N6O4S. The third-order valence-electron chi connectivity index (χ3n) is 6.31. The number of aromatic nitrogens is 4.